The van der Waals surface area contributed by atoms with Gasteiger partial charge >= 0.3 is 0 Å². The highest BCUT2D eigenvalue weighted by molar-refractivity contribution is 6.31. The minimum atomic E-state index is -0.836. The fourth-order valence-electron chi connectivity index (χ4n) is 3.24. The van der Waals surface area contributed by atoms with Crippen LogP contribution in [0.2, 0.25) is 5.02 Å². The number of carbonyl (C=O) groups is 1. The van der Waals surface area contributed by atoms with Crippen LogP contribution in [-0.2, 0) is 11.2 Å². The zero-order chi connectivity index (χ0) is 20.3. The molecule has 1 atom stereocenters. The van der Waals surface area contributed by atoms with Crippen LogP contribution in [0, 0.1) is 0 Å². The van der Waals surface area contributed by atoms with Crippen LogP contribution < -0.4 is 20.1 Å². The van der Waals surface area contributed by atoms with Crippen molar-refractivity contribution in [2.45, 2.75) is 31.9 Å². The Morgan fingerprint density at radius 2 is 2.04 bits per heavy atom. The predicted octanol–water partition coefficient (Wildman–Crippen LogP) is 3.32. The molecule has 1 aliphatic heterocycles. The lowest BCUT2D eigenvalue weighted by molar-refractivity contribution is -0.118. The standard InChI is InChI=1S/C21H25ClN2O4/c1-21(2,10-13-4-6-15(27-3)7-5-13)23-11-18(25)16-8-14(22)9-17-20(16)28-12-19(26)24-17/h4-9,18,23,25H,10-12H2,1-3H3,(H,24,26)/t18-/m0/s1. The molecule has 0 unspecified atom stereocenters. The van der Waals surface area contributed by atoms with Gasteiger partial charge in [-0.2, -0.15) is 0 Å². The number of amides is 1. The molecule has 0 saturated carbocycles. The molecule has 7 heteroatoms. The van der Waals surface area contributed by atoms with E-state index in [1.807, 2.05) is 24.3 Å². The first kappa shape index (κ1) is 20.5. The average Bonchev–Trinajstić information content (AvgIpc) is 2.65. The highest BCUT2D eigenvalue weighted by Crippen LogP contribution is 2.38. The van der Waals surface area contributed by atoms with E-state index in [0.717, 1.165) is 12.2 Å². The van der Waals surface area contributed by atoms with Crippen molar-refractivity contribution >= 4 is 23.2 Å². The Bertz CT molecular complexity index is 852. The highest BCUT2D eigenvalue weighted by Gasteiger charge is 2.26. The molecular weight excluding hydrogens is 380 g/mol. The maximum Gasteiger partial charge on any atom is 0.262 e. The van der Waals surface area contributed by atoms with Gasteiger partial charge in [-0.3, -0.25) is 4.79 Å². The van der Waals surface area contributed by atoms with Crippen LogP contribution in [0.3, 0.4) is 0 Å². The molecule has 1 amide bonds. The molecule has 150 valence electrons. The Hall–Kier alpha value is -2.28. The summed E-state index contributed by atoms with van der Waals surface area (Å²) in [4.78, 5) is 11.5. The van der Waals surface area contributed by atoms with E-state index in [1.54, 1.807) is 19.2 Å². The number of aliphatic hydroxyl groups is 1. The molecular formula is C21H25ClN2O4. The number of fused-ring (bicyclic) bond motifs is 1. The van der Waals surface area contributed by atoms with Gasteiger partial charge in [0, 0.05) is 22.7 Å². The number of rotatable bonds is 7. The lowest BCUT2D eigenvalue weighted by Gasteiger charge is -2.29. The van der Waals surface area contributed by atoms with E-state index < -0.39 is 6.10 Å². The monoisotopic (exact) mass is 404 g/mol. The lowest BCUT2D eigenvalue weighted by Crippen LogP contribution is -2.43. The maximum atomic E-state index is 11.5. The summed E-state index contributed by atoms with van der Waals surface area (Å²) in [5.41, 5.74) is 1.95. The number of nitrogens with one attached hydrogen (secondary N) is 2. The van der Waals surface area contributed by atoms with Crippen molar-refractivity contribution in [2.24, 2.45) is 0 Å². The Labute approximate surface area is 169 Å². The van der Waals surface area contributed by atoms with Gasteiger partial charge in [-0.25, -0.2) is 0 Å². The van der Waals surface area contributed by atoms with E-state index in [-0.39, 0.29) is 18.1 Å². The quantitative estimate of drug-likeness (QED) is 0.659. The highest BCUT2D eigenvalue weighted by atomic mass is 35.5. The molecule has 1 aliphatic rings. The third-order valence-electron chi connectivity index (χ3n) is 4.64. The van der Waals surface area contributed by atoms with Crippen LogP contribution in [0.15, 0.2) is 36.4 Å². The fourth-order valence-corrected chi connectivity index (χ4v) is 3.47. The number of benzene rings is 2. The number of halogens is 1. The molecule has 2 aromatic carbocycles. The Morgan fingerprint density at radius 1 is 1.32 bits per heavy atom. The van der Waals surface area contributed by atoms with Crippen molar-refractivity contribution in [3.05, 3.63) is 52.5 Å². The Morgan fingerprint density at radius 3 is 2.71 bits per heavy atom. The second-order valence-corrected chi connectivity index (χ2v) is 7.95. The van der Waals surface area contributed by atoms with E-state index in [1.165, 1.54) is 5.56 Å². The van der Waals surface area contributed by atoms with E-state index in [9.17, 15) is 9.90 Å². The number of aliphatic hydroxyl groups excluding tert-OH is 1. The number of hydrogen-bond acceptors (Lipinski definition) is 5. The summed E-state index contributed by atoms with van der Waals surface area (Å²) in [6.07, 6.45) is -0.0539. The van der Waals surface area contributed by atoms with Crippen molar-refractivity contribution in [3.63, 3.8) is 0 Å². The summed E-state index contributed by atoms with van der Waals surface area (Å²) in [5, 5.41) is 17.3. The minimum absolute atomic E-state index is 0.0786. The second kappa shape index (κ2) is 8.39. The fraction of sp³-hybridized carbons (Fsp3) is 0.381. The van der Waals surface area contributed by atoms with E-state index in [0.29, 0.717) is 28.6 Å². The molecule has 0 radical (unpaired) electrons. The van der Waals surface area contributed by atoms with Gasteiger partial charge < -0.3 is 25.2 Å². The molecule has 6 nitrogen and oxygen atoms in total. The van der Waals surface area contributed by atoms with Gasteiger partial charge in [-0.15, -0.1) is 0 Å². The van der Waals surface area contributed by atoms with Crippen LogP contribution in [-0.4, -0.2) is 36.8 Å². The first-order chi connectivity index (χ1) is 13.3. The molecule has 3 N–H and O–H groups in total. The molecule has 0 spiro atoms. The molecule has 0 saturated heterocycles. The molecule has 3 rings (SSSR count). The molecule has 28 heavy (non-hydrogen) atoms. The molecule has 0 fully saturated rings. The maximum absolute atomic E-state index is 11.5. The Kier molecular flexibility index (Phi) is 6.13. The van der Waals surface area contributed by atoms with Crippen LogP contribution in [0.1, 0.15) is 31.1 Å². The normalized spacial score (nSPS) is 14.7. The number of methoxy groups -OCH3 is 1. The minimum Gasteiger partial charge on any atom is -0.497 e. The summed E-state index contributed by atoms with van der Waals surface area (Å²) in [6.45, 7) is 4.39. The summed E-state index contributed by atoms with van der Waals surface area (Å²) in [6, 6.07) is 11.2. The second-order valence-electron chi connectivity index (χ2n) is 7.51. The number of carbonyl (C=O) groups excluding carboxylic acids is 1. The average molecular weight is 405 g/mol. The van der Waals surface area contributed by atoms with Crippen LogP contribution >= 0.6 is 11.6 Å². The van der Waals surface area contributed by atoms with Gasteiger partial charge in [-0.1, -0.05) is 23.7 Å². The SMILES string of the molecule is COc1ccc(CC(C)(C)NC[C@H](O)c2cc(Cl)cc3c2OCC(=O)N3)cc1. The number of ether oxygens (including phenoxy) is 2. The largest absolute Gasteiger partial charge is 0.497 e. The topological polar surface area (TPSA) is 79.8 Å². The lowest BCUT2D eigenvalue weighted by atomic mass is 9.94. The van der Waals surface area contributed by atoms with Crippen LogP contribution in [0.5, 0.6) is 11.5 Å². The molecule has 0 bridgehead atoms. The Balaban J connectivity index is 1.67. The van der Waals surface area contributed by atoms with Gasteiger partial charge in [0.05, 0.1) is 18.9 Å². The smallest absolute Gasteiger partial charge is 0.262 e. The summed E-state index contributed by atoms with van der Waals surface area (Å²) in [5.74, 6) is 1.04. The van der Waals surface area contributed by atoms with Gasteiger partial charge in [0.2, 0.25) is 0 Å². The predicted molar refractivity (Wildman–Crippen MR) is 109 cm³/mol. The molecule has 0 aromatic heterocycles. The van der Waals surface area contributed by atoms with Crippen molar-refractivity contribution in [3.8, 4) is 11.5 Å². The number of hydrogen-bond donors (Lipinski definition) is 3. The van der Waals surface area contributed by atoms with Gasteiger partial charge in [0.1, 0.15) is 11.5 Å². The van der Waals surface area contributed by atoms with Gasteiger partial charge in [0.15, 0.2) is 6.61 Å². The van der Waals surface area contributed by atoms with Crippen molar-refractivity contribution in [2.75, 3.05) is 25.6 Å². The first-order valence-corrected chi connectivity index (χ1v) is 9.47. The van der Waals surface area contributed by atoms with E-state index in [2.05, 4.69) is 24.5 Å². The van der Waals surface area contributed by atoms with Crippen molar-refractivity contribution in [1.29, 1.82) is 0 Å². The zero-order valence-corrected chi connectivity index (χ0v) is 17.0. The van der Waals surface area contributed by atoms with Gasteiger partial charge in [-0.05, 0) is 50.1 Å². The number of anilines is 1. The van der Waals surface area contributed by atoms with Crippen molar-refractivity contribution in [1.82, 2.24) is 5.32 Å². The summed E-state index contributed by atoms with van der Waals surface area (Å²) < 4.78 is 10.7. The van der Waals surface area contributed by atoms with E-state index >= 15 is 0 Å². The van der Waals surface area contributed by atoms with Crippen LogP contribution in [0.4, 0.5) is 5.69 Å². The molecule has 0 aliphatic carbocycles. The first-order valence-electron chi connectivity index (χ1n) is 9.09. The van der Waals surface area contributed by atoms with Crippen LogP contribution in [0.25, 0.3) is 0 Å². The molecule has 1 heterocycles. The number of β-amino-alcohol motifs (C(OH)–C–C–N with tert-alkyl or cyclic N) is 1. The summed E-state index contributed by atoms with van der Waals surface area (Å²) in [7, 11) is 1.64. The van der Waals surface area contributed by atoms with Gasteiger partial charge in [0.25, 0.3) is 5.91 Å². The van der Waals surface area contributed by atoms with E-state index in [4.69, 9.17) is 21.1 Å². The zero-order valence-electron chi connectivity index (χ0n) is 16.2. The van der Waals surface area contributed by atoms with Crippen molar-refractivity contribution < 1.29 is 19.4 Å². The summed E-state index contributed by atoms with van der Waals surface area (Å²) >= 11 is 6.15. The third kappa shape index (κ3) is 4.95. The molecule has 2 aromatic rings. The third-order valence-corrected chi connectivity index (χ3v) is 4.86.